The number of benzene rings is 2. The standard InChI is InChI=1S/C33H32ClFN2O6/c1-4-13-36-29(39)20-9-8-19-21(28(20)31(36)41)16-23-30(40)37(18-7-11-25(35)24(34)15-18)32(42)33(23,2)22(19)10-5-17-6-12-26(38)27(14-17)43-3/h5-8,10-12,14-15,20-23,28,38H,4,9,13,16H2,1-3H3. The van der Waals surface area contributed by atoms with Crippen LogP contribution in [0.4, 0.5) is 10.1 Å². The van der Waals surface area contributed by atoms with E-state index in [0.29, 0.717) is 24.9 Å². The van der Waals surface area contributed by atoms with Crippen molar-refractivity contribution in [2.45, 2.75) is 33.1 Å². The van der Waals surface area contributed by atoms with E-state index in [1.807, 2.05) is 25.2 Å². The van der Waals surface area contributed by atoms with Crippen LogP contribution in [0.3, 0.4) is 0 Å². The van der Waals surface area contributed by atoms with Crippen molar-refractivity contribution >= 4 is 47.0 Å². The number of hydrogen-bond acceptors (Lipinski definition) is 6. The predicted octanol–water partition coefficient (Wildman–Crippen LogP) is 5.38. The number of phenolic OH excluding ortho intramolecular Hbond substituents is 1. The highest BCUT2D eigenvalue weighted by Crippen LogP contribution is 2.61. The number of fused-ring (bicyclic) bond motifs is 4. The molecule has 8 nitrogen and oxygen atoms in total. The first-order valence-electron chi connectivity index (χ1n) is 14.5. The largest absolute Gasteiger partial charge is 0.504 e. The Morgan fingerprint density at radius 1 is 1.09 bits per heavy atom. The summed E-state index contributed by atoms with van der Waals surface area (Å²) >= 11 is 6.04. The van der Waals surface area contributed by atoms with Crippen molar-refractivity contribution in [2.24, 2.45) is 35.0 Å². The molecule has 1 N–H and O–H groups in total. The Labute approximate surface area is 253 Å². The van der Waals surface area contributed by atoms with Crippen molar-refractivity contribution in [3.63, 3.8) is 0 Å². The maximum atomic E-state index is 14.3. The molecule has 4 amide bonds. The molecule has 0 bridgehead atoms. The molecular weight excluding hydrogens is 575 g/mol. The zero-order valence-electron chi connectivity index (χ0n) is 24.1. The van der Waals surface area contributed by atoms with Gasteiger partial charge in [-0.1, -0.05) is 48.4 Å². The third-order valence-corrected chi connectivity index (χ3v) is 10.0. The van der Waals surface area contributed by atoms with Crippen molar-refractivity contribution in [1.29, 1.82) is 0 Å². The molecule has 43 heavy (non-hydrogen) atoms. The molecule has 224 valence electrons. The van der Waals surface area contributed by atoms with Gasteiger partial charge in [-0.05, 0) is 68.0 Å². The van der Waals surface area contributed by atoms with Crippen molar-refractivity contribution < 1.29 is 33.4 Å². The monoisotopic (exact) mass is 606 g/mol. The molecule has 10 heteroatoms. The van der Waals surface area contributed by atoms with Crippen LogP contribution in [-0.2, 0) is 19.2 Å². The van der Waals surface area contributed by atoms with Gasteiger partial charge in [0.25, 0.3) is 0 Å². The quantitative estimate of drug-likeness (QED) is 0.350. The summed E-state index contributed by atoms with van der Waals surface area (Å²) in [6, 6.07) is 8.62. The highest BCUT2D eigenvalue weighted by molar-refractivity contribution is 6.31. The van der Waals surface area contributed by atoms with Crippen LogP contribution in [0.25, 0.3) is 6.08 Å². The minimum atomic E-state index is -1.22. The smallest absolute Gasteiger partial charge is 0.241 e. The van der Waals surface area contributed by atoms with E-state index in [1.54, 1.807) is 19.1 Å². The number of carbonyl (C=O) groups is 4. The van der Waals surface area contributed by atoms with E-state index in [2.05, 4.69) is 0 Å². The number of amides is 4. The molecule has 4 aliphatic rings. The Morgan fingerprint density at radius 3 is 2.56 bits per heavy atom. The number of anilines is 1. The number of ether oxygens (including phenoxy) is 1. The third-order valence-electron chi connectivity index (χ3n) is 9.73. The predicted molar refractivity (Wildman–Crippen MR) is 157 cm³/mol. The highest BCUT2D eigenvalue weighted by Gasteiger charge is 2.66. The summed E-state index contributed by atoms with van der Waals surface area (Å²) in [5.74, 6) is -4.58. The van der Waals surface area contributed by atoms with Crippen LogP contribution in [0.1, 0.15) is 38.7 Å². The Kier molecular flexibility index (Phi) is 7.19. The number of methoxy groups -OCH3 is 1. The van der Waals surface area contributed by atoms with Crippen LogP contribution in [0.15, 0.2) is 54.1 Å². The molecule has 0 radical (unpaired) electrons. The van der Waals surface area contributed by atoms with E-state index in [-0.39, 0.29) is 40.4 Å². The molecule has 6 unspecified atom stereocenters. The fourth-order valence-corrected chi connectivity index (χ4v) is 7.78. The van der Waals surface area contributed by atoms with Gasteiger partial charge in [0.05, 0.1) is 41.0 Å². The first kappa shape index (κ1) is 29.1. The van der Waals surface area contributed by atoms with Crippen molar-refractivity contribution in [1.82, 2.24) is 4.90 Å². The fourth-order valence-electron chi connectivity index (χ4n) is 7.60. The molecule has 1 saturated carbocycles. The number of allylic oxidation sites excluding steroid dienone is 3. The third kappa shape index (κ3) is 4.31. The molecule has 2 aliphatic heterocycles. The molecule has 2 aliphatic carbocycles. The minimum absolute atomic E-state index is 0.0170. The average molecular weight is 607 g/mol. The number of likely N-dealkylation sites (tertiary alicyclic amines) is 1. The zero-order valence-corrected chi connectivity index (χ0v) is 24.8. The van der Waals surface area contributed by atoms with Gasteiger partial charge < -0.3 is 9.84 Å². The van der Waals surface area contributed by atoms with Gasteiger partial charge in [0, 0.05) is 12.5 Å². The lowest BCUT2D eigenvalue weighted by molar-refractivity contribution is -0.140. The number of hydrogen-bond donors (Lipinski definition) is 1. The van der Waals surface area contributed by atoms with Crippen LogP contribution < -0.4 is 9.64 Å². The highest BCUT2D eigenvalue weighted by atomic mass is 35.5. The second-order valence-corrected chi connectivity index (χ2v) is 12.3. The van der Waals surface area contributed by atoms with Crippen LogP contribution in [0, 0.1) is 40.8 Å². The molecule has 2 aromatic rings. The number of aromatic hydroxyl groups is 1. The normalized spacial score (nSPS) is 30.1. The summed E-state index contributed by atoms with van der Waals surface area (Å²) in [5, 5.41) is 9.85. The molecule has 6 rings (SSSR count). The number of nitrogens with zero attached hydrogens (tertiary/aromatic N) is 2. The zero-order chi connectivity index (χ0) is 30.8. The van der Waals surface area contributed by atoms with Crippen molar-refractivity contribution in [3.8, 4) is 11.5 Å². The topological polar surface area (TPSA) is 104 Å². The van der Waals surface area contributed by atoms with E-state index >= 15 is 0 Å². The number of carbonyl (C=O) groups excluding carboxylic acids is 4. The Balaban J connectivity index is 1.47. The van der Waals surface area contributed by atoms with Gasteiger partial charge >= 0.3 is 0 Å². The molecular formula is C33H32ClFN2O6. The van der Waals surface area contributed by atoms with Gasteiger partial charge in [0.15, 0.2) is 11.5 Å². The minimum Gasteiger partial charge on any atom is -0.504 e. The van der Waals surface area contributed by atoms with Crippen LogP contribution in [-0.4, -0.2) is 47.3 Å². The Hall–Kier alpha value is -3.98. The number of halogens is 2. The van der Waals surface area contributed by atoms with Gasteiger partial charge in [-0.3, -0.25) is 24.1 Å². The molecule has 2 aromatic carbocycles. The summed E-state index contributed by atoms with van der Waals surface area (Å²) in [4.78, 5) is 57.8. The van der Waals surface area contributed by atoms with Gasteiger partial charge in [-0.2, -0.15) is 0 Å². The maximum absolute atomic E-state index is 14.3. The van der Waals surface area contributed by atoms with E-state index in [1.165, 1.54) is 30.2 Å². The van der Waals surface area contributed by atoms with Crippen molar-refractivity contribution in [3.05, 3.63) is 70.5 Å². The number of rotatable bonds is 6. The first-order valence-corrected chi connectivity index (χ1v) is 14.8. The second-order valence-electron chi connectivity index (χ2n) is 11.9. The SMILES string of the molecule is CCCN1C(=O)C2CC=C3C(CC4C(=O)N(c5ccc(F)c(Cl)c5)C(=O)C4(C)C3C=Cc3ccc(O)c(OC)c3)C2C1=O. The maximum Gasteiger partial charge on any atom is 0.241 e. The van der Waals surface area contributed by atoms with Crippen molar-refractivity contribution in [2.75, 3.05) is 18.6 Å². The first-order chi connectivity index (χ1) is 20.5. The van der Waals surface area contributed by atoms with E-state index in [0.717, 1.165) is 16.5 Å². The van der Waals surface area contributed by atoms with E-state index < -0.39 is 52.6 Å². The molecule has 2 heterocycles. The summed E-state index contributed by atoms with van der Waals surface area (Å²) in [7, 11) is 1.45. The Bertz CT molecular complexity index is 1620. The lowest BCUT2D eigenvalue weighted by Gasteiger charge is -2.47. The second kappa shape index (κ2) is 10.6. The number of phenols is 1. The summed E-state index contributed by atoms with van der Waals surface area (Å²) in [6.45, 7) is 4.02. The van der Waals surface area contributed by atoms with E-state index in [4.69, 9.17) is 16.3 Å². The van der Waals surface area contributed by atoms with Gasteiger partial charge in [-0.15, -0.1) is 0 Å². The molecule has 3 fully saturated rings. The summed E-state index contributed by atoms with van der Waals surface area (Å²) in [6.07, 6.45) is 6.91. The lowest BCUT2D eigenvalue weighted by atomic mass is 9.52. The Morgan fingerprint density at radius 2 is 1.86 bits per heavy atom. The van der Waals surface area contributed by atoms with Crippen LogP contribution >= 0.6 is 11.6 Å². The lowest BCUT2D eigenvalue weighted by Crippen LogP contribution is -2.49. The van der Waals surface area contributed by atoms with Gasteiger partial charge in [-0.25, -0.2) is 9.29 Å². The summed E-state index contributed by atoms with van der Waals surface area (Å²) in [5.41, 5.74) is 0.520. The molecule has 6 atom stereocenters. The number of imide groups is 2. The molecule has 0 aromatic heterocycles. The van der Waals surface area contributed by atoms with Crippen LogP contribution in [0.2, 0.25) is 5.02 Å². The molecule has 0 spiro atoms. The fraction of sp³-hybridized carbons (Fsp3) is 0.394. The average Bonchev–Trinajstić information content (AvgIpc) is 3.34. The molecule has 2 saturated heterocycles. The van der Waals surface area contributed by atoms with Gasteiger partial charge in [0.1, 0.15) is 5.82 Å². The van der Waals surface area contributed by atoms with E-state index in [9.17, 15) is 28.7 Å². The van der Waals surface area contributed by atoms with Gasteiger partial charge in [0.2, 0.25) is 23.6 Å². The summed E-state index contributed by atoms with van der Waals surface area (Å²) < 4.78 is 19.3. The van der Waals surface area contributed by atoms with Crippen LogP contribution in [0.5, 0.6) is 11.5 Å².